The first-order valence-electron chi connectivity index (χ1n) is 13.9. The SMILES string of the molecule is CCCCCCCCCCCCCCCN1C=CN(CCCCCCC)C1C(C)C. The second-order valence-corrected chi connectivity index (χ2v) is 10.1. The van der Waals surface area contributed by atoms with Crippen molar-refractivity contribution in [3.63, 3.8) is 0 Å². The number of hydrogen-bond donors (Lipinski definition) is 0. The molecule has 0 aromatic rings. The zero-order chi connectivity index (χ0) is 21.9. The first-order valence-corrected chi connectivity index (χ1v) is 13.9. The quantitative estimate of drug-likeness (QED) is 0.171. The molecule has 0 saturated heterocycles. The second kappa shape index (κ2) is 19.1. The van der Waals surface area contributed by atoms with Gasteiger partial charge in [0, 0.05) is 25.5 Å². The highest BCUT2D eigenvalue weighted by molar-refractivity contribution is 4.98. The Balaban J connectivity index is 2.02. The van der Waals surface area contributed by atoms with Crippen LogP contribution in [0, 0.1) is 5.92 Å². The van der Waals surface area contributed by atoms with Crippen molar-refractivity contribution in [3.8, 4) is 0 Å². The molecular weight excluding hydrogens is 364 g/mol. The Labute approximate surface area is 190 Å². The van der Waals surface area contributed by atoms with Gasteiger partial charge in [-0.05, 0) is 18.8 Å². The van der Waals surface area contributed by atoms with Crippen molar-refractivity contribution in [3.05, 3.63) is 12.4 Å². The fourth-order valence-electron chi connectivity index (χ4n) is 4.93. The van der Waals surface area contributed by atoms with E-state index >= 15 is 0 Å². The van der Waals surface area contributed by atoms with Gasteiger partial charge in [0.05, 0.1) is 0 Å². The predicted molar refractivity (Wildman–Crippen MR) is 136 cm³/mol. The van der Waals surface area contributed by atoms with Crippen molar-refractivity contribution >= 4 is 0 Å². The minimum Gasteiger partial charge on any atom is -0.356 e. The molecule has 0 spiro atoms. The molecule has 2 heteroatoms. The zero-order valence-corrected chi connectivity index (χ0v) is 21.3. The lowest BCUT2D eigenvalue weighted by Crippen LogP contribution is -2.43. The van der Waals surface area contributed by atoms with Crippen LogP contribution in [0.3, 0.4) is 0 Å². The molecule has 1 rings (SSSR count). The maximum absolute atomic E-state index is 2.62. The molecule has 1 aliphatic heterocycles. The van der Waals surface area contributed by atoms with E-state index in [9.17, 15) is 0 Å². The molecule has 0 fully saturated rings. The summed E-state index contributed by atoms with van der Waals surface area (Å²) in [5.74, 6) is 0.692. The van der Waals surface area contributed by atoms with E-state index in [2.05, 4.69) is 49.9 Å². The van der Waals surface area contributed by atoms with Crippen LogP contribution in [0.1, 0.15) is 143 Å². The molecule has 1 unspecified atom stereocenters. The van der Waals surface area contributed by atoms with Crippen LogP contribution in [-0.4, -0.2) is 29.1 Å². The highest BCUT2D eigenvalue weighted by atomic mass is 15.4. The first-order chi connectivity index (χ1) is 14.7. The molecular formula is C28H56N2. The van der Waals surface area contributed by atoms with Gasteiger partial charge in [-0.1, -0.05) is 130 Å². The van der Waals surface area contributed by atoms with Gasteiger partial charge in [-0.3, -0.25) is 0 Å². The number of hydrogen-bond acceptors (Lipinski definition) is 2. The van der Waals surface area contributed by atoms with E-state index in [4.69, 9.17) is 0 Å². The molecule has 0 saturated carbocycles. The van der Waals surface area contributed by atoms with Gasteiger partial charge in [-0.15, -0.1) is 0 Å². The van der Waals surface area contributed by atoms with E-state index in [1.807, 2.05) is 0 Å². The zero-order valence-electron chi connectivity index (χ0n) is 21.3. The Bertz CT molecular complexity index is 390. The van der Waals surface area contributed by atoms with E-state index in [0.29, 0.717) is 12.1 Å². The monoisotopic (exact) mass is 420 g/mol. The van der Waals surface area contributed by atoms with Crippen molar-refractivity contribution in [2.75, 3.05) is 13.1 Å². The molecule has 0 aliphatic carbocycles. The molecule has 0 radical (unpaired) electrons. The molecule has 2 nitrogen and oxygen atoms in total. The molecule has 0 bridgehead atoms. The molecule has 1 heterocycles. The summed E-state index contributed by atoms with van der Waals surface area (Å²) in [6.45, 7) is 11.8. The Morgan fingerprint density at radius 1 is 0.500 bits per heavy atom. The molecule has 0 amide bonds. The Morgan fingerprint density at radius 3 is 1.10 bits per heavy atom. The van der Waals surface area contributed by atoms with Gasteiger partial charge in [-0.2, -0.15) is 0 Å². The van der Waals surface area contributed by atoms with Crippen LogP contribution in [0.2, 0.25) is 0 Å². The topological polar surface area (TPSA) is 6.48 Å². The van der Waals surface area contributed by atoms with Gasteiger partial charge in [0.15, 0.2) is 0 Å². The molecule has 178 valence electrons. The summed E-state index contributed by atoms with van der Waals surface area (Å²) in [6.07, 6.45) is 30.9. The molecule has 0 aromatic heterocycles. The number of nitrogens with zero attached hydrogens (tertiary/aromatic N) is 2. The van der Waals surface area contributed by atoms with E-state index in [0.717, 1.165) is 0 Å². The van der Waals surface area contributed by atoms with Gasteiger partial charge >= 0.3 is 0 Å². The fourth-order valence-corrected chi connectivity index (χ4v) is 4.93. The van der Waals surface area contributed by atoms with E-state index in [1.165, 1.54) is 129 Å². The standard InChI is InChI=1S/C28H56N2/c1-5-7-9-11-12-13-14-15-16-17-18-20-22-24-30-26-25-29(28(30)27(3)4)23-21-19-10-8-6-2/h25-28H,5-24H2,1-4H3. The van der Waals surface area contributed by atoms with Gasteiger partial charge in [-0.25, -0.2) is 0 Å². The van der Waals surface area contributed by atoms with Gasteiger partial charge in [0.2, 0.25) is 0 Å². The lowest BCUT2D eigenvalue weighted by Gasteiger charge is -2.36. The largest absolute Gasteiger partial charge is 0.356 e. The fraction of sp³-hybridized carbons (Fsp3) is 0.929. The van der Waals surface area contributed by atoms with E-state index < -0.39 is 0 Å². The Hall–Kier alpha value is -0.660. The normalized spacial score (nSPS) is 16.4. The summed E-state index contributed by atoms with van der Waals surface area (Å²) in [5.41, 5.74) is 0. The summed E-state index contributed by atoms with van der Waals surface area (Å²) in [5, 5.41) is 0. The Kier molecular flexibility index (Phi) is 17.4. The molecule has 0 aromatic carbocycles. The average Bonchev–Trinajstić information content (AvgIpc) is 3.14. The summed E-state index contributed by atoms with van der Waals surface area (Å²) in [6, 6.07) is 0. The molecule has 30 heavy (non-hydrogen) atoms. The third-order valence-corrected chi connectivity index (χ3v) is 6.77. The first kappa shape index (κ1) is 27.4. The summed E-state index contributed by atoms with van der Waals surface area (Å²) in [7, 11) is 0. The summed E-state index contributed by atoms with van der Waals surface area (Å²) >= 11 is 0. The van der Waals surface area contributed by atoms with Crippen molar-refractivity contribution in [1.29, 1.82) is 0 Å². The predicted octanol–water partition coefficient (Wildman–Crippen LogP) is 9.12. The lowest BCUT2D eigenvalue weighted by atomic mass is 10.0. The van der Waals surface area contributed by atoms with Crippen LogP contribution in [0.4, 0.5) is 0 Å². The van der Waals surface area contributed by atoms with Crippen molar-refractivity contribution in [2.24, 2.45) is 5.92 Å². The maximum Gasteiger partial charge on any atom is 0.103 e. The highest BCUT2D eigenvalue weighted by Gasteiger charge is 2.28. The second-order valence-electron chi connectivity index (χ2n) is 10.1. The number of rotatable bonds is 21. The van der Waals surface area contributed by atoms with Gasteiger partial charge < -0.3 is 9.80 Å². The van der Waals surface area contributed by atoms with Crippen LogP contribution >= 0.6 is 0 Å². The van der Waals surface area contributed by atoms with Crippen LogP contribution < -0.4 is 0 Å². The maximum atomic E-state index is 2.62. The minimum atomic E-state index is 0.591. The lowest BCUT2D eigenvalue weighted by molar-refractivity contribution is 0.104. The minimum absolute atomic E-state index is 0.591. The van der Waals surface area contributed by atoms with Crippen molar-refractivity contribution < 1.29 is 0 Å². The number of unbranched alkanes of at least 4 members (excludes halogenated alkanes) is 16. The smallest absolute Gasteiger partial charge is 0.103 e. The van der Waals surface area contributed by atoms with Crippen LogP contribution in [0.25, 0.3) is 0 Å². The summed E-state index contributed by atoms with van der Waals surface area (Å²) in [4.78, 5) is 5.23. The van der Waals surface area contributed by atoms with Gasteiger partial charge in [0.1, 0.15) is 6.17 Å². The molecule has 0 N–H and O–H groups in total. The van der Waals surface area contributed by atoms with E-state index in [1.54, 1.807) is 0 Å². The van der Waals surface area contributed by atoms with Crippen LogP contribution in [0.15, 0.2) is 12.4 Å². The molecule has 1 aliphatic rings. The average molecular weight is 421 g/mol. The Morgan fingerprint density at radius 2 is 0.800 bits per heavy atom. The highest BCUT2D eigenvalue weighted by Crippen LogP contribution is 2.24. The van der Waals surface area contributed by atoms with Crippen molar-refractivity contribution in [1.82, 2.24) is 9.80 Å². The van der Waals surface area contributed by atoms with Gasteiger partial charge in [0.25, 0.3) is 0 Å². The third-order valence-electron chi connectivity index (χ3n) is 6.77. The van der Waals surface area contributed by atoms with Crippen LogP contribution in [0.5, 0.6) is 0 Å². The van der Waals surface area contributed by atoms with Crippen LogP contribution in [-0.2, 0) is 0 Å². The molecule has 1 atom stereocenters. The summed E-state index contributed by atoms with van der Waals surface area (Å²) < 4.78 is 0. The third kappa shape index (κ3) is 12.9. The van der Waals surface area contributed by atoms with Crippen molar-refractivity contribution in [2.45, 2.75) is 149 Å². The van der Waals surface area contributed by atoms with E-state index in [-0.39, 0.29) is 0 Å².